The third-order valence-corrected chi connectivity index (χ3v) is 3.54. The van der Waals surface area contributed by atoms with Gasteiger partial charge in [0.15, 0.2) is 23.3 Å². The SMILES string of the molecule is Cc1ccc(NC(=O)c2c(F)c(F)c(F)c(F)c2C(=O)O)cc1Cl. The van der Waals surface area contributed by atoms with E-state index in [1.165, 1.54) is 18.2 Å². The van der Waals surface area contributed by atoms with E-state index in [2.05, 4.69) is 5.32 Å². The lowest BCUT2D eigenvalue weighted by atomic mass is 10.0. The number of aromatic carboxylic acids is 1. The minimum Gasteiger partial charge on any atom is -0.478 e. The van der Waals surface area contributed by atoms with E-state index in [0.29, 0.717) is 5.56 Å². The number of anilines is 1. The Bertz CT molecular complexity index is 871. The highest BCUT2D eigenvalue weighted by molar-refractivity contribution is 6.31. The molecule has 0 aliphatic rings. The molecule has 24 heavy (non-hydrogen) atoms. The summed E-state index contributed by atoms with van der Waals surface area (Å²) in [5.74, 6) is -12.5. The molecule has 1 amide bonds. The maximum Gasteiger partial charge on any atom is 0.339 e. The van der Waals surface area contributed by atoms with Crippen LogP contribution in [0.25, 0.3) is 0 Å². The number of amides is 1. The largest absolute Gasteiger partial charge is 0.478 e. The molecule has 0 spiro atoms. The summed E-state index contributed by atoms with van der Waals surface area (Å²) in [6.45, 7) is 1.67. The lowest BCUT2D eigenvalue weighted by molar-refractivity contribution is 0.0684. The van der Waals surface area contributed by atoms with Crippen LogP contribution in [0.3, 0.4) is 0 Å². The quantitative estimate of drug-likeness (QED) is 0.490. The maximum atomic E-state index is 13.8. The molecule has 0 fully saturated rings. The predicted octanol–water partition coefficient (Wildman–Crippen LogP) is 4.16. The van der Waals surface area contributed by atoms with E-state index < -0.39 is 46.3 Å². The minimum absolute atomic E-state index is 0.0245. The highest BCUT2D eigenvalue weighted by atomic mass is 35.5. The summed E-state index contributed by atoms with van der Waals surface area (Å²) < 4.78 is 53.9. The predicted molar refractivity (Wildman–Crippen MR) is 77.4 cm³/mol. The number of hydrogen-bond acceptors (Lipinski definition) is 2. The van der Waals surface area contributed by atoms with Crippen LogP contribution in [0.4, 0.5) is 23.2 Å². The molecular weight excluding hydrogens is 354 g/mol. The fourth-order valence-electron chi connectivity index (χ4n) is 1.91. The van der Waals surface area contributed by atoms with Gasteiger partial charge in [-0.05, 0) is 24.6 Å². The van der Waals surface area contributed by atoms with Crippen molar-refractivity contribution in [2.75, 3.05) is 5.32 Å². The zero-order chi connectivity index (χ0) is 18.2. The zero-order valence-electron chi connectivity index (χ0n) is 11.9. The first kappa shape index (κ1) is 17.7. The summed E-state index contributed by atoms with van der Waals surface area (Å²) in [5.41, 5.74) is -2.39. The van der Waals surface area contributed by atoms with Crippen LogP contribution in [0.2, 0.25) is 5.02 Å². The molecule has 0 heterocycles. The first-order valence-electron chi connectivity index (χ1n) is 6.31. The van der Waals surface area contributed by atoms with Gasteiger partial charge in [0.1, 0.15) is 5.56 Å². The summed E-state index contributed by atoms with van der Waals surface area (Å²) in [5, 5.41) is 11.2. The average Bonchev–Trinajstić information content (AvgIpc) is 2.51. The van der Waals surface area contributed by atoms with E-state index in [-0.39, 0.29) is 10.7 Å². The molecule has 0 saturated heterocycles. The van der Waals surface area contributed by atoms with Crippen molar-refractivity contribution >= 4 is 29.2 Å². The van der Waals surface area contributed by atoms with Crippen molar-refractivity contribution in [3.05, 3.63) is 63.2 Å². The van der Waals surface area contributed by atoms with Crippen molar-refractivity contribution in [3.63, 3.8) is 0 Å². The maximum absolute atomic E-state index is 13.8. The van der Waals surface area contributed by atoms with Gasteiger partial charge in [-0.15, -0.1) is 0 Å². The zero-order valence-corrected chi connectivity index (χ0v) is 12.6. The number of nitrogens with one attached hydrogen (secondary N) is 1. The van der Waals surface area contributed by atoms with Crippen LogP contribution in [0.15, 0.2) is 18.2 Å². The van der Waals surface area contributed by atoms with E-state index in [9.17, 15) is 27.2 Å². The number of carbonyl (C=O) groups is 2. The molecule has 0 aromatic heterocycles. The Morgan fingerprint density at radius 1 is 1.00 bits per heavy atom. The van der Waals surface area contributed by atoms with Gasteiger partial charge in [0.05, 0.1) is 5.56 Å². The molecule has 2 aromatic rings. The molecule has 4 nitrogen and oxygen atoms in total. The third kappa shape index (κ3) is 3.05. The van der Waals surface area contributed by atoms with Gasteiger partial charge in [0.2, 0.25) is 0 Å². The molecule has 0 radical (unpaired) electrons. The number of hydrogen-bond donors (Lipinski definition) is 2. The Morgan fingerprint density at radius 2 is 1.54 bits per heavy atom. The molecule has 2 aromatic carbocycles. The van der Waals surface area contributed by atoms with Gasteiger partial charge >= 0.3 is 5.97 Å². The molecule has 126 valence electrons. The molecule has 0 bridgehead atoms. The van der Waals surface area contributed by atoms with E-state index in [1.807, 2.05) is 0 Å². The Morgan fingerprint density at radius 3 is 2.04 bits per heavy atom. The standard InChI is InChI=1S/C15H8ClF4NO3/c1-5-2-3-6(4-7(5)16)21-14(22)8-9(15(23)24)11(18)13(20)12(19)10(8)17/h2-4H,1H3,(H,21,22)(H,23,24). The van der Waals surface area contributed by atoms with Gasteiger partial charge in [-0.3, -0.25) is 4.79 Å². The molecule has 0 aliphatic heterocycles. The Labute approximate surface area is 137 Å². The van der Waals surface area contributed by atoms with Crippen LogP contribution in [0, 0.1) is 30.2 Å². The van der Waals surface area contributed by atoms with Crippen molar-refractivity contribution in [2.45, 2.75) is 6.92 Å². The Hall–Kier alpha value is -2.61. The average molecular weight is 362 g/mol. The molecule has 9 heteroatoms. The summed E-state index contributed by atoms with van der Waals surface area (Å²) >= 11 is 5.84. The smallest absolute Gasteiger partial charge is 0.339 e. The van der Waals surface area contributed by atoms with E-state index in [1.54, 1.807) is 6.92 Å². The lowest BCUT2D eigenvalue weighted by Crippen LogP contribution is -2.22. The van der Waals surface area contributed by atoms with Gasteiger partial charge in [-0.2, -0.15) is 0 Å². The second-order valence-electron chi connectivity index (χ2n) is 4.73. The van der Waals surface area contributed by atoms with Crippen LogP contribution in [-0.4, -0.2) is 17.0 Å². The number of carbonyl (C=O) groups excluding carboxylic acids is 1. The number of halogens is 5. The summed E-state index contributed by atoms with van der Waals surface area (Å²) in [6, 6.07) is 4.12. The van der Waals surface area contributed by atoms with Crippen LogP contribution in [0.1, 0.15) is 26.3 Å². The topological polar surface area (TPSA) is 66.4 Å². The van der Waals surface area contributed by atoms with E-state index in [4.69, 9.17) is 16.7 Å². The number of benzene rings is 2. The molecule has 0 aliphatic carbocycles. The number of carboxylic acids is 1. The highest BCUT2D eigenvalue weighted by Crippen LogP contribution is 2.26. The van der Waals surface area contributed by atoms with Crippen LogP contribution >= 0.6 is 11.6 Å². The summed E-state index contributed by atoms with van der Waals surface area (Å²) in [4.78, 5) is 23.1. The first-order valence-corrected chi connectivity index (χ1v) is 6.69. The summed E-state index contributed by atoms with van der Waals surface area (Å²) in [7, 11) is 0. The van der Waals surface area contributed by atoms with Gasteiger partial charge < -0.3 is 10.4 Å². The third-order valence-electron chi connectivity index (χ3n) is 3.14. The fraction of sp³-hybridized carbons (Fsp3) is 0.0667. The minimum atomic E-state index is -2.32. The highest BCUT2D eigenvalue weighted by Gasteiger charge is 2.32. The van der Waals surface area contributed by atoms with Crippen LogP contribution in [-0.2, 0) is 0 Å². The van der Waals surface area contributed by atoms with Gasteiger partial charge in [-0.25, -0.2) is 22.4 Å². The second kappa shape index (κ2) is 6.48. The van der Waals surface area contributed by atoms with Gasteiger partial charge in [0.25, 0.3) is 5.91 Å². The molecule has 2 rings (SSSR count). The van der Waals surface area contributed by atoms with Crippen LogP contribution < -0.4 is 5.32 Å². The van der Waals surface area contributed by atoms with Crippen molar-refractivity contribution in [1.29, 1.82) is 0 Å². The number of rotatable bonds is 3. The van der Waals surface area contributed by atoms with Crippen LogP contribution in [0.5, 0.6) is 0 Å². The fourth-order valence-corrected chi connectivity index (χ4v) is 2.09. The lowest BCUT2D eigenvalue weighted by Gasteiger charge is -2.12. The number of aryl methyl sites for hydroxylation is 1. The van der Waals surface area contributed by atoms with Crippen molar-refractivity contribution in [2.24, 2.45) is 0 Å². The Balaban J connectivity index is 2.56. The van der Waals surface area contributed by atoms with Gasteiger partial charge in [0, 0.05) is 10.7 Å². The Kier molecular flexibility index (Phi) is 4.79. The number of carboxylic acid groups (broad SMARTS) is 1. The molecule has 0 atom stereocenters. The van der Waals surface area contributed by atoms with Crippen molar-refractivity contribution in [3.8, 4) is 0 Å². The van der Waals surface area contributed by atoms with Crippen molar-refractivity contribution in [1.82, 2.24) is 0 Å². The van der Waals surface area contributed by atoms with Gasteiger partial charge in [-0.1, -0.05) is 17.7 Å². The molecule has 0 unspecified atom stereocenters. The normalized spacial score (nSPS) is 10.6. The second-order valence-corrected chi connectivity index (χ2v) is 5.14. The summed E-state index contributed by atoms with van der Waals surface area (Å²) in [6.07, 6.45) is 0. The monoisotopic (exact) mass is 361 g/mol. The first-order chi connectivity index (χ1) is 11.1. The molecule has 0 saturated carbocycles. The van der Waals surface area contributed by atoms with E-state index >= 15 is 0 Å². The van der Waals surface area contributed by atoms with Crippen molar-refractivity contribution < 1.29 is 32.3 Å². The molecule has 2 N–H and O–H groups in total. The molecular formula is C15H8ClF4NO3. The van der Waals surface area contributed by atoms with E-state index in [0.717, 1.165) is 0 Å².